The molecule has 1 aliphatic heterocycles. The molecule has 2 atom stereocenters. The third-order valence-corrected chi connectivity index (χ3v) is 4.64. The average molecular weight is 252 g/mol. The lowest BCUT2D eigenvalue weighted by atomic mass is 9.91. The molecule has 1 aliphatic carbocycles. The number of carbonyl (C=O) groups excluding carboxylic acids is 1. The molecule has 3 heteroatoms. The number of nitrogens with one attached hydrogen (secondary N) is 2. The number of rotatable bonds is 3. The molecular weight excluding hydrogens is 224 g/mol. The fourth-order valence-corrected chi connectivity index (χ4v) is 3.35. The van der Waals surface area contributed by atoms with E-state index in [0.717, 1.165) is 25.9 Å². The second-order valence-electron chi connectivity index (χ2n) is 6.09. The van der Waals surface area contributed by atoms with Gasteiger partial charge < -0.3 is 10.6 Å². The van der Waals surface area contributed by atoms with Crippen LogP contribution in [0.25, 0.3) is 0 Å². The van der Waals surface area contributed by atoms with E-state index in [2.05, 4.69) is 17.6 Å². The van der Waals surface area contributed by atoms with Crippen molar-refractivity contribution in [1.82, 2.24) is 10.6 Å². The van der Waals surface area contributed by atoms with E-state index in [0.29, 0.717) is 12.0 Å². The van der Waals surface area contributed by atoms with Crippen LogP contribution in [-0.2, 0) is 4.79 Å². The summed E-state index contributed by atoms with van der Waals surface area (Å²) in [6.07, 6.45) is 10.2. The SMILES string of the molecule is C[C@H](NC(=O)[C@@H]1CCCNC1)C1CCCCCC1. The zero-order valence-corrected chi connectivity index (χ0v) is 11.7. The first-order chi connectivity index (χ1) is 8.77. The standard InChI is InChI=1S/C15H28N2O/c1-12(13-7-4-2-3-5-8-13)17-15(18)14-9-6-10-16-11-14/h12-14,16H,2-11H2,1H3,(H,17,18)/t12-,14+/m0/s1. The number of carbonyl (C=O) groups is 1. The van der Waals surface area contributed by atoms with E-state index in [9.17, 15) is 4.79 Å². The van der Waals surface area contributed by atoms with Crippen LogP contribution in [0.4, 0.5) is 0 Å². The smallest absolute Gasteiger partial charge is 0.224 e. The molecule has 0 spiro atoms. The molecule has 0 unspecified atom stereocenters. The van der Waals surface area contributed by atoms with Crippen LogP contribution in [0.1, 0.15) is 58.3 Å². The summed E-state index contributed by atoms with van der Waals surface area (Å²) in [7, 11) is 0. The van der Waals surface area contributed by atoms with Crippen LogP contribution in [-0.4, -0.2) is 25.0 Å². The van der Waals surface area contributed by atoms with Gasteiger partial charge in [-0.15, -0.1) is 0 Å². The molecule has 0 aromatic carbocycles. The predicted octanol–water partition coefficient (Wildman–Crippen LogP) is 2.46. The summed E-state index contributed by atoms with van der Waals surface area (Å²) < 4.78 is 0. The van der Waals surface area contributed by atoms with Crippen LogP contribution in [0.5, 0.6) is 0 Å². The highest BCUT2D eigenvalue weighted by Gasteiger charge is 2.25. The maximum Gasteiger partial charge on any atom is 0.224 e. The van der Waals surface area contributed by atoms with Crippen molar-refractivity contribution in [2.75, 3.05) is 13.1 Å². The molecule has 1 heterocycles. The van der Waals surface area contributed by atoms with Crippen LogP contribution in [0.15, 0.2) is 0 Å². The molecule has 0 bridgehead atoms. The van der Waals surface area contributed by atoms with Gasteiger partial charge in [0, 0.05) is 12.6 Å². The van der Waals surface area contributed by atoms with Gasteiger partial charge >= 0.3 is 0 Å². The zero-order chi connectivity index (χ0) is 12.8. The minimum Gasteiger partial charge on any atom is -0.353 e. The lowest BCUT2D eigenvalue weighted by molar-refractivity contribution is -0.126. The summed E-state index contributed by atoms with van der Waals surface area (Å²) in [6.45, 7) is 4.13. The maximum absolute atomic E-state index is 12.2. The predicted molar refractivity (Wildman–Crippen MR) is 74.4 cm³/mol. The van der Waals surface area contributed by atoms with Crippen LogP contribution in [0, 0.1) is 11.8 Å². The van der Waals surface area contributed by atoms with Gasteiger partial charge in [-0.25, -0.2) is 0 Å². The van der Waals surface area contributed by atoms with Crippen molar-refractivity contribution in [3.63, 3.8) is 0 Å². The second-order valence-corrected chi connectivity index (χ2v) is 6.09. The minimum atomic E-state index is 0.201. The van der Waals surface area contributed by atoms with Gasteiger partial charge in [0.1, 0.15) is 0 Å². The fraction of sp³-hybridized carbons (Fsp3) is 0.933. The highest BCUT2D eigenvalue weighted by molar-refractivity contribution is 5.79. The molecule has 0 aromatic heterocycles. The third kappa shape index (κ3) is 3.98. The lowest BCUT2D eigenvalue weighted by Crippen LogP contribution is -2.45. The van der Waals surface area contributed by atoms with Crippen LogP contribution < -0.4 is 10.6 Å². The zero-order valence-electron chi connectivity index (χ0n) is 11.7. The first-order valence-electron chi connectivity index (χ1n) is 7.78. The highest BCUT2D eigenvalue weighted by atomic mass is 16.2. The van der Waals surface area contributed by atoms with E-state index in [1.807, 2.05) is 0 Å². The summed E-state index contributed by atoms with van der Waals surface area (Å²) in [5.41, 5.74) is 0. The van der Waals surface area contributed by atoms with Crippen molar-refractivity contribution in [3.8, 4) is 0 Å². The van der Waals surface area contributed by atoms with Crippen molar-refractivity contribution >= 4 is 5.91 Å². The Morgan fingerprint density at radius 2 is 1.83 bits per heavy atom. The first kappa shape index (κ1) is 13.9. The molecule has 2 aliphatic rings. The second kappa shape index (κ2) is 7.13. The molecular formula is C15H28N2O. The molecule has 2 N–H and O–H groups in total. The molecule has 1 saturated carbocycles. The maximum atomic E-state index is 12.2. The van der Waals surface area contributed by atoms with Gasteiger partial charge in [0.05, 0.1) is 5.92 Å². The Labute approximate surface area is 111 Å². The average Bonchev–Trinajstić information content (AvgIpc) is 2.68. The molecule has 0 aromatic rings. The van der Waals surface area contributed by atoms with E-state index in [1.165, 1.54) is 38.5 Å². The Morgan fingerprint density at radius 3 is 2.44 bits per heavy atom. The van der Waals surface area contributed by atoms with E-state index >= 15 is 0 Å². The van der Waals surface area contributed by atoms with Crippen molar-refractivity contribution in [1.29, 1.82) is 0 Å². The number of hydrogen-bond acceptors (Lipinski definition) is 2. The number of piperidine rings is 1. The van der Waals surface area contributed by atoms with Crippen molar-refractivity contribution in [3.05, 3.63) is 0 Å². The van der Waals surface area contributed by atoms with E-state index in [4.69, 9.17) is 0 Å². The van der Waals surface area contributed by atoms with Crippen molar-refractivity contribution in [2.45, 2.75) is 64.3 Å². The Morgan fingerprint density at radius 1 is 1.11 bits per heavy atom. The highest BCUT2D eigenvalue weighted by Crippen LogP contribution is 2.25. The summed E-state index contributed by atoms with van der Waals surface area (Å²) >= 11 is 0. The molecule has 3 nitrogen and oxygen atoms in total. The molecule has 0 radical (unpaired) electrons. The van der Waals surface area contributed by atoms with E-state index in [1.54, 1.807) is 0 Å². The van der Waals surface area contributed by atoms with Crippen LogP contribution >= 0.6 is 0 Å². The normalized spacial score (nSPS) is 28.4. The van der Waals surface area contributed by atoms with E-state index in [-0.39, 0.29) is 11.8 Å². The third-order valence-electron chi connectivity index (χ3n) is 4.64. The number of hydrogen-bond donors (Lipinski definition) is 2. The fourth-order valence-electron chi connectivity index (χ4n) is 3.35. The van der Waals surface area contributed by atoms with Gasteiger partial charge in [0.25, 0.3) is 0 Å². The summed E-state index contributed by atoms with van der Waals surface area (Å²) in [4.78, 5) is 12.2. The van der Waals surface area contributed by atoms with Gasteiger partial charge in [-0.3, -0.25) is 4.79 Å². The number of amides is 1. The first-order valence-corrected chi connectivity index (χ1v) is 7.78. The minimum absolute atomic E-state index is 0.201. The molecule has 18 heavy (non-hydrogen) atoms. The Hall–Kier alpha value is -0.570. The summed E-state index contributed by atoms with van der Waals surface area (Å²) in [5.74, 6) is 1.18. The topological polar surface area (TPSA) is 41.1 Å². The Kier molecular flexibility index (Phi) is 5.48. The van der Waals surface area contributed by atoms with Gasteiger partial charge in [0.15, 0.2) is 0 Å². The molecule has 2 fully saturated rings. The van der Waals surface area contributed by atoms with Gasteiger partial charge in [0.2, 0.25) is 5.91 Å². The lowest BCUT2D eigenvalue weighted by Gasteiger charge is -2.27. The quantitative estimate of drug-likeness (QED) is 0.758. The van der Waals surface area contributed by atoms with E-state index < -0.39 is 0 Å². The largest absolute Gasteiger partial charge is 0.353 e. The molecule has 1 saturated heterocycles. The van der Waals surface area contributed by atoms with Crippen LogP contribution in [0.2, 0.25) is 0 Å². The van der Waals surface area contributed by atoms with Crippen LogP contribution in [0.3, 0.4) is 0 Å². The van der Waals surface area contributed by atoms with Gasteiger partial charge in [-0.05, 0) is 45.1 Å². The Balaban J connectivity index is 1.77. The van der Waals surface area contributed by atoms with Crippen molar-refractivity contribution in [2.24, 2.45) is 11.8 Å². The molecule has 1 amide bonds. The van der Waals surface area contributed by atoms with Crippen molar-refractivity contribution < 1.29 is 4.79 Å². The molecule has 104 valence electrons. The van der Waals surface area contributed by atoms with Gasteiger partial charge in [-0.2, -0.15) is 0 Å². The Bertz CT molecular complexity index is 253. The summed E-state index contributed by atoms with van der Waals surface area (Å²) in [6, 6.07) is 0.359. The molecule has 2 rings (SSSR count). The monoisotopic (exact) mass is 252 g/mol. The van der Waals surface area contributed by atoms with Gasteiger partial charge in [-0.1, -0.05) is 25.7 Å². The summed E-state index contributed by atoms with van der Waals surface area (Å²) in [5, 5.41) is 6.59.